The number of allylic oxidation sites excluding steroid dienone is 4. The van der Waals surface area contributed by atoms with Crippen molar-refractivity contribution in [2.75, 3.05) is 19.8 Å². The highest BCUT2D eigenvalue weighted by molar-refractivity contribution is 5.69. The van der Waals surface area contributed by atoms with Crippen LogP contribution in [-0.2, 0) is 14.3 Å². The lowest BCUT2D eigenvalue weighted by molar-refractivity contribution is -0.154. The van der Waals surface area contributed by atoms with Gasteiger partial charge in [0.05, 0.1) is 13.2 Å². The van der Waals surface area contributed by atoms with Crippen molar-refractivity contribution in [2.24, 2.45) is 0 Å². The summed E-state index contributed by atoms with van der Waals surface area (Å²) in [5.41, 5.74) is 0. The van der Waals surface area contributed by atoms with E-state index < -0.39 is 6.10 Å². The fraction of sp³-hybridized carbons (Fsp3) is 0.886. The van der Waals surface area contributed by atoms with Gasteiger partial charge in [-0.25, -0.2) is 0 Å². The first-order valence-corrected chi connectivity index (χ1v) is 21.4. The molecule has 48 heavy (non-hydrogen) atoms. The number of carbonyl (C=O) groups excluding carboxylic acids is 1. The van der Waals surface area contributed by atoms with Gasteiger partial charge in [0.25, 0.3) is 0 Å². The first-order chi connectivity index (χ1) is 23.7. The van der Waals surface area contributed by atoms with Gasteiger partial charge in [-0.3, -0.25) is 4.79 Å². The predicted octanol–water partition coefficient (Wildman–Crippen LogP) is 13.9. The van der Waals surface area contributed by atoms with E-state index in [1.807, 2.05) is 0 Å². The Hall–Kier alpha value is -1.13. The minimum atomic E-state index is -0.534. The summed E-state index contributed by atoms with van der Waals surface area (Å²) in [4.78, 5) is 12.2. The van der Waals surface area contributed by atoms with Crippen molar-refractivity contribution in [3.63, 3.8) is 0 Å². The van der Waals surface area contributed by atoms with E-state index in [0.717, 1.165) is 25.7 Å². The molecule has 0 saturated heterocycles. The highest BCUT2D eigenvalue weighted by Crippen LogP contribution is 2.15. The molecule has 284 valence electrons. The molecular weight excluding hydrogens is 592 g/mol. The van der Waals surface area contributed by atoms with Gasteiger partial charge in [0.15, 0.2) is 0 Å². The van der Waals surface area contributed by atoms with Crippen LogP contribution in [0.25, 0.3) is 0 Å². The van der Waals surface area contributed by atoms with Gasteiger partial charge in [0.1, 0.15) is 6.10 Å². The second-order valence-electron chi connectivity index (χ2n) is 14.4. The van der Waals surface area contributed by atoms with Crippen LogP contribution in [0.4, 0.5) is 0 Å². The summed E-state index contributed by atoms with van der Waals surface area (Å²) in [5, 5.41) is 9.60. The Labute approximate surface area is 300 Å². The Kier molecular flexibility index (Phi) is 41.0. The molecule has 0 aromatic carbocycles. The molecule has 1 unspecified atom stereocenters. The number of unbranched alkanes of at least 4 members (excludes halogenated alkanes) is 28. The van der Waals surface area contributed by atoms with Gasteiger partial charge in [-0.1, -0.05) is 199 Å². The van der Waals surface area contributed by atoms with E-state index in [1.54, 1.807) is 0 Å². The standard InChI is InChI=1S/C44H84O4/c1-3-5-7-9-11-13-15-17-19-21-22-24-26-28-30-32-34-36-38-40-47-42-43(41-45)48-44(46)39-37-35-33-31-29-27-25-23-20-18-16-14-12-10-8-6-4-2/h12,14,18,20,43,45H,3-11,13,15-17,19,21-42H2,1-2H3/b14-12-,20-18-. The average Bonchev–Trinajstić information content (AvgIpc) is 3.09. The number of hydrogen-bond acceptors (Lipinski definition) is 4. The fourth-order valence-corrected chi connectivity index (χ4v) is 6.30. The molecule has 0 aliphatic carbocycles. The molecule has 0 aromatic heterocycles. The maximum Gasteiger partial charge on any atom is 0.306 e. The molecule has 0 aliphatic rings. The predicted molar refractivity (Wildman–Crippen MR) is 210 cm³/mol. The quantitative estimate of drug-likeness (QED) is 0.0399. The van der Waals surface area contributed by atoms with Gasteiger partial charge in [-0.15, -0.1) is 0 Å². The molecule has 0 aromatic rings. The molecule has 0 radical (unpaired) electrons. The maximum atomic E-state index is 12.2. The number of hydrogen-bond donors (Lipinski definition) is 1. The zero-order valence-electron chi connectivity index (χ0n) is 32.5. The maximum absolute atomic E-state index is 12.2. The van der Waals surface area contributed by atoms with Crippen LogP contribution in [0.5, 0.6) is 0 Å². The molecule has 0 bridgehead atoms. The van der Waals surface area contributed by atoms with Crippen LogP contribution < -0.4 is 0 Å². The van der Waals surface area contributed by atoms with Crippen molar-refractivity contribution in [1.29, 1.82) is 0 Å². The summed E-state index contributed by atoms with van der Waals surface area (Å²) in [7, 11) is 0. The minimum Gasteiger partial charge on any atom is -0.457 e. The normalized spacial score (nSPS) is 12.5. The van der Waals surface area contributed by atoms with Gasteiger partial charge in [-0.05, 0) is 44.9 Å². The van der Waals surface area contributed by atoms with E-state index in [-0.39, 0.29) is 12.6 Å². The third-order valence-corrected chi connectivity index (χ3v) is 9.53. The van der Waals surface area contributed by atoms with Crippen molar-refractivity contribution in [1.82, 2.24) is 0 Å². The lowest BCUT2D eigenvalue weighted by Crippen LogP contribution is -2.27. The molecule has 0 fully saturated rings. The largest absolute Gasteiger partial charge is 0.457 e. The number of carbonyl (C=O) groups is 1. The second-order valence-corrected chi connectivity index (χ2v) is 14.4. The Bertz CT molecular complexity index is 673. The third kappa shape index (κ3) is 39.3. The summed E-state index contributed by atoms with van der Waals surface area (Å²) in [5.74, 6) is -0.205. The lowest BCUT2D eigenvalue weighted by atomic mass is 10.0. The summed E-state index contributed by atoms with van der Waals surface area (Å²) in [6.07, 6.45) is 50.9. The molecule has 0 aliphatic heterocycles. The summed E-state index contributed by atoms with van der Waals surface area (Å²) in [6.45, 7) is 5.35. The molecule has 0 spiro atoms. The number of aliphatic hydroxyl groups is 1. The zero-order chi connectivity index (χ0) is 34.9. The third-order valence-electron chi connectivity index (χ3n) is 9.53. The first kappa shape index (κ1) is 46.9. The minimum absolute atomic E-state index is 0.171. The number of ether oxygens (including phenoxy) is 2. The topological polar surface area (TPSA) is 55.8 Å². The van der Waals surface area contributed by atoms with E-state index >= 15 is 0 Å². The Morgan fingerprint density at radius 2 is 0.875 bits per heavy atom. The van der Waals surface area contributed by atoms with Crippen molar-refractivity contribution in [2.45, 2.75) is 232 Å². The SMILES string of the molecule is CCCCC/C=C\C/C=C\CCCCCCCCCC(=O)OC(CO)COCCCCCCCCCCCCCCCCCCCCC. The van der Waals surface area contributed by atoms with Crippen molar-refractivity contribution in [3.05, 3.63) is 24.3 Å². The van der Waals surface area contributed by atoms with Crippen LogP contribution in [0.1, 0.15) is 226 Å². The van der Waals surface area contributed by atoms with Crippen LogP contribution in [0.15, 0.2) is 24.3 Å². The van der Waals surface area contributed by atoms with Crippen molar-refractivity contribution >= 4 is 5.97 Å². The number of rotatable bonds is 40. The zero-order valence-corrected chi connectivity index (χ0v) is 32.5. The van der Waals surface area contributed by atoms with Crippen LogP contribution >= 0.6 is 0 Å². The van der Waals surface area contributed by atoms with Crippen molar-refractivity contribution in [3.8, 4) is 0 Å². The molecule has 0 heterocycles. The van der Waals surface area contributed by atoms with Crippen LogP contribution in [0.2, 0.25) is 0 Å². The van der Waals surface area contributed by atoms with E-state index in [0.29, 0.717) is 19.6 Å². The summed E-state index contributed by atoms with van der Waals surface area (Å²) < 4.78 is 11.2. The molecule has 0 amide bonds. The van der Waals surface area contributed by atoms with Gasteiger partial charge in [0, 0.05) is 13.0 Å². The Morgan fingerprint density at radius 3 is 1.33 bits per heavy atom. The summed E-state index contributed by atoms with van der Waals surface area (Å²) >= 11 is 0. The first-order valence-electron chi connectivity index (χ1n) is 21.4. The smallest absolute Gasteiger partial charge is 0.306 e. The highest BCUT2D eigenvalue weighted by atomic mass is 16.6. The molecule has 1 N–H and O–H groups in total. The molecular formula is C44H84O4. The van der Waals surface area contributed by atoms with Crippen LogP contribution in [0.3, 0.4) is 0 Å². The number of aliphatic hydroxyl groups excluding tert-OH is 1. The Morgan fingerprint density at radius 1 is 0.500 bits per heavy atom. The highest BCUT2D eigenvalue weighted by Gasteiger charge is 2.13. The molecule has 0 saturated carbocycles. The summed E-state index contributed by atoms with van der Waals surface area (Å²) in [6, 6.07) is 0. The van der Waals surface area contributed by atoms with Gasteiger partial charge in [0.2, 0.25) is 0 Å². The van der Waals surface area contributed by atoms with E-state index in [2.05, 4.69) is 38.2 Å². The number of esters is 1. The van der Waals surface area contributed by atoms with Crippen LogP contribution in [0, 0.1) is 0 Å². The van der Waals surface area contributed by atoms with E-state index in [1.165, 1.54) is 180 Å². The lowest BCUT2D eigenvalue weighted by Gasteiger charge is -2.16. The van der Waals surface area contributed by atoms with Gasteiger partial charge < -0.3 is 14.6 Å². The molecule has 4 heteroatoms. The molecule has 0 rings (SSSR count). The van der Waals surface area contributed by atoms with Crippen molar-refractivity contribution < 1.29 is 19.4 Å². The van der Waals surface area contributed by atoms with E-state index in [4.69, 9.17) is 9.47 Å². The monoisotopic (exact) mass is 677 g/mol. The fourth-order valence-electron chi connectivity index (χ4n) is 6.30. The van der Waals surface area contributed by atoms with Gasteiger partial charge >= 0.3 is 5.97 Å². The van der Waals surface area contributed by atoms with E-state index in [9.17, 15) is 9.90 Å². The second kappa shape index (κ2) is 42.0. The molecule has 4 nitrogen and oxygen atoms in total. The Balaban J connectivity index is 3.40. The van der Waals surface area contributed by atoms with Crippen LogP contribution in [-0.4, -0.2) is 37.0 Å². The average molecular weight is 677 g/mol. The molecule has 1 atom stereocenters. The van der Waals surface area contributed by atoms with Gasteiger partial charge in [-0.2, -0.15) is 0 Å².